The van der Waals surface area contributed by atoms with Gasteiger partial charge in [-0.05, 0) is 66.7 Å². The Hall–Kier alpha value is -7.37. The van der Waals surface area contributed by atoms with Crippen LogP contribution >= 0.6 is 0 Å². The number of fused-ring (bicyclic) bond motifs is 10. The molecule has 0 aliphatic carbocycles. The Morgan fingerprint density at radius 3 is 1.48 bits per heavy atom. The zero-order valence-electron chi connectivity index (χ0n) is 29.0. The maximum atomic E-state index is 6.97. The van der Waals surface area contributed by atoms with Crippen LogP contribution in [0.1, 0.15) is 0 Å². The second-order valence-corrected chi connectivity index (χ2v) is 14.0. The number of furan rings is 1. The molecule has 0 amide bonds. The summed E-state index contributed by atoms with van der Waals surface area (Å²) in [6.45, 7) is 0. The second-order valence-electron chi connectivity index (χ2n) is 14.0. The van der Waals surface area contributed by atoms with Crippen molar-refractivity contribution in [1.82, 2.24) is 18.7 Å². The zero-order chi connectivity index (χ0) is 35.3. The fourth-order valence-corrected chi connectivity index (χ4v) is 8.72. The normalized spacial score (nSPS) is 12.1. The van der Waals surface area contributed by atoms with E-state index in [9.17, 15) is 0 Å². The fourth-order valence-electron chi connectivity index (χ4n) is 8.72. The van der Waals surface area contributed by atoms with Crippen molar-refractivity contribution in [3.63, 3.8) is 0 Å². The van der Waals surface area contributed by atoms with E-state index in [1.807, 2.05) is 6.07 Å². The predicted octanol–water partition coefficient (Wildman–Crippen LogP) is 12.8. The van der Waals surface area contributed by atoms with Gasteiger partial charge in [-0.15, -0.1) is 0 Å². The van der Waals surface area contributed by atoms with Crippen LogP contribution in [0.15, 0.2) is 186 Å². The number of benzene rings is 8. The summed E-state index contributed by atoms with van der Waals surface area (Å²) < 4.78 is 14.0. The number of imidazole rings is 1. The average molecular weight is 691 g/mol. The molecule has 0 radical (unpaired) electrons. The quantitative estimate of drug-likeness (QED) is 0.184. The third-order valence-electron chi connectivity index (χ3n) is 11.0. The Kier molecular flexibility index (Phi) is 5.99. The molecule has 252 valence electrons. The minimum absolute atomic E-state index is 0.814. The molecule has 0 unspecified atom stereocenters. The molecule has 0 spiro atoms. The van der Waals surface area contributed by atoms with E-state index in [1.165, 1.54) is 32.6 Å². The van der Waals surface area contributed by atoms with Gasteiger partial charge in [0.25, 0.3) is 0 Å². The number of para-hydroxylation sites is 6. The molecule has 12 aromatic rings. The highest BCUT2D eigenvalue weighted by molar-refractivity contribution is 6.13. The first-order valence-corrected chi connectivity index (χ1v) is 18.3. The van der Waals surface area contributed by atoms with E-state index >= 15 is 0 Å². The lowest BCUT2D eigenvalue weighted by atomic mass is 10.1. The minimum atomic E-state index is 0.814. The van der Waals surface area contributed by atoms with Crippen molar-refractivity contribution in [2.45, 2.75) is 0 Å². The third-order valence-corrected chi connectivity index (χ3v) is 11.0. The molecule has 0 bridgehead atoms. The standard InChI is InChI=1S/C49H30N4O/c1-2-14-31(15-3-1)49-50-40-20-8-13-25-45(40)53(49)46-30-33(52-43-23-11-6-18-36(43)37-19-7-12-24-44(37)52)29-39-38-28-32(26-27-47(38)54-48(39)46)51-41-21-9-4-16-34(41)35-17-5-10-22-42(35)51/h1-30H. The number of rotatable bonds is 4. The molecule has 0 atom stereocenters. The SMILES string of the molecule is c1ccc(-c2nc3ccccc3n2-c2cc(-n3c4ccccc4c4ccccc43)cc3c2oc2ccc(-n4c5ccccc5c5ccccc54)cc23)cc1. The highest BCUT2D eigenvalue weighted by atomic mass is 16.3. The first kappa shape index (κ1) is 29.2. The van der Waals surface area contributed by atoms with Gasteiger partial charge in [-0.3, -0.25) is 4.57 Å². The van der Waals surface area contributed by atoms with E-state index in [0.717, 1.165) is 72.5 Å². The Morgan fingerprint density at radius 2 is 0.870 bits per heavy atom. The lowest BCUT2D eigenvalue weighted by Gasteiger charge is -2.14. The molecule has 12 rings (SSSR count). The lowest BCUT2D eigenvalue weighted by molar-refractivity contribution is 0.665. The predicted molar refractivity (Wildman–Crippen MR) is 222 cm³/mol. The van der Waals surface area contributed by atoms with Gasteiger partial charge in [0.2, 0.25) is 0 Å². The Labute approximate surface area is 309 Å². The average Bonchev–Trinajstić information content (AvgIpc) is 3.99. The van der Waals surface area contributed by atoms with Gasteiger partial charge in [0.1, 0.15) is 11.4 Å². The number of hydrogen-bond acceptors (Lipinski definition) is 2. The smallest absolute Gasteiger partial charge is 0.159 e. The maximum Gasteiger partial charge on any atom is 0.159 e. The molecule has 0 saturated carbocycles. The van der Waals surface area contributed by atoms with E-state index < -0.39 is 0 Å². The van der Waals surface area contributed by atoms with E-state index in [1.54, 1.807) is 0 Å². The van der Waals surface area contributed by atoms with Gasteiger partial charge in [0.05, 0.1) is 38.8 Å². The largest absolute Gasteiger partial charge is 0.454 e. The summed E-state index contributed by atoms with van der Waals surface area (Å²) in [7, 11) is 0. The zero-order valence-corrected chi connectivity index (χ0v) is 29.0. The van der Waals surface area contributed by atoms with Gasteiger partial charge >= 0.3 is 0 Å². The molecule has 0 N–H and O–H groups in total. The molecule has 5 nitrogen and oxygen atoms in total. The van der Waals surface area contributed by atoms with E-state index in [2.05, 4.69) is 190 Å². The molecular weight excluding hydrogens is 661 g/mol. The highest BCUT2D eigenvalue weighted by Gasteiger charge is 2.23. The summed E-state index contributed by atoms with van der Waals surface area (Å²) in [5.74, 6) is 0.865. The van der Waals surface area contributed by atoms with Crippen LogP contribution in [0, 0.1) is 0 Å². The van der Waals surface area contributed by atoms with Crippen molar-refractivity contribution >= 4 is 76.6 Å². The van der Waals surface area contributed by atoms with Crippen LogP contribution in [-0.4, -0.2) is 18.7 Å². The highest BCUT2D eigenvalue weighted by Crippen LogP contribution is 2.42. The van der Waals surface area contributed by atoms with Gasteiger partial charge in [0, 0.05) is 49.3 Å². The van der Waals surface area contributed by atoms with Gasteiger partial charge < -0.3 is 13.6 Å². The first-order chi connectivity index (χ1) is 26.8. The van der Waals surface area contributed by atoms with Gasteiger partial charge in [0.15, 0.2) is 5.58 Å². The van der Waals surface area contributed by atoms with Crippen LogP contribution in [0.3, 0.4) is 0 Å². The summed E-state index contributed by atoms with van der Waals surface area (Å²) >= 11 is 0. The Bertz CT molecular complexity index is 3340. The molecular formula is C49H30N4O. The molecule has 54 heavy (non-hydrogen) atoms. The van der Waals surface area contributed by atoms with Crippen LogP contribution in [0.5, 0.6) is 0 Å². The maximum absolute atomic E-state index is 6.97. The molecule has 4 heterocycles. The molecule has 8 aromatic carbocycles. The van der Waals surface area contributed by atoms with Crippen molar-refractivity contribution in [2.75, 3.05) is 0 Å². The molecule has 0 aliphatic heterocycles. The van der Waals surface area contributed by atoms with Gasteiger partial charge in [-0.2, -0.15) is 0 Å². The Morgan fingerprint density at radius 1 is 0.370 bits per heavy atom. The van der Waals surface area contributed by atoms with E-state index in [-0.39, 0.29) is 0 Å². The van der Waals surface area contributed by atoms with Gasteiger partial charge in [-0.25, -0.2) is 4.98 Å². The van der Waals surface area contributed by atoms with Crippen molar-refractivity contribution in [1.29, 1.82) is 0 Å². The number of aromatic nitrogens is 4. The topological polar surface area (TPSA) is 40.8 Å². The van der Waals surface area contributed by atoms with Crippen LogP contribution in [0.4, 0.5) is 0 Å². The first-order valence-electron chi connectivity index (χ1n) is 18.3. The van der Waals surface area contributed by atoms with Crippen LogP contribution in [-0.2, 0) is 0 Å². The van der Waals surface area contributed by atoms with Crippen LogP contribution < -0.4 is 0 Å². The third kappa shape index (κ3) is 4.06. The molecule has 4 aromatic heterocycles. The van der Waals surface area contributed by atoms with Crippen LogP contribution in [0.2, 0.25) is 0 Å². The molecule has 5 heteroatoms. The molecule has 0 aliphatic rings. The summed E-state index contributed by atoms with van der Waals surface area (Å²) in [5.41, 5.74) is 12.4. The lowest BCUT2D eigenvalue weighted by Crippen LogP contribution is -2.01. The van der Waals surface area contributed by atoms with Gasteiger partial charge in [-0.1, -0.05) is 115 Å². The molecule has 0 fully saturated rings. The fraction of sp³-hybridized carbons (Fsp3) is 0. The summed E-state index contributed by atoms with van der Waals surface area (Å²) in [4.78, 5) is 5.23. The molecule has 0 saturated heterocycles. The van der Waals surface area contributed by atoms with E-state index in [4.69, 9.17) is 9.40 Å². The van der Waals surface area contributed by atoms with E-state index in [0.29, 0.717) is 0 Å². The minimum Gasteiger partial charge on any atom is -0.454 e. The summed E-state index contributed by atoms with van der Waals surface area (Å²) in [5, 5.41) is 7.01. The summed E-state index contributed by atoms with van der Waals surface area (Å²) in [6.07, 6.45) is 0. The Balaban J connectivity index is 1.22. The number of hydrogen-bond donors (Lipinski definition) is 0. The van der Waals surface area contributed by atoms with Crippen molar-refractivity contribution in [2.24, 2.45) is 0 Å². The monoisotopic (exact) mass is 690 g/mol. The van der Waals surface area contributed by atoms with Crippen molar-refractivity contribution in [3.8, 4) is 28.5 Å². The summed E-state index contributed by atoms with van der Waals surface area (Å²) in [6, 6.07) is 64.7. The van der Waals surface area contributed by atoms with Crippen molar-refractivity contribution < 1.29 is 4.42 Å². The van der Waals surface area contributed by atoms with Crippen LogP contribution in [0.25, 0.3) is 105 Å². The number of nitrogens with zero attached hydrogens (tertiary/aromatic N) is 4. The van der Waals surface area contributed by atoms with Crippen molar-refractivity contribution in [3.05, 3.63) is 182 Å². The second kappa shape index (κ2) is 11.1.